The molecule has 0 saturated heterocycles. The number of hydrogen-bond acceptors (Lipinski definition) is 3. The van der Waals surface area contributed by atoms with E-state index in [0.29, 0.717) is 16.9 Å². The molecule has 0 atom stereocenters. The Kier molecular flexibility index (Phi) is 10.7. The molecule has 0 spiro atoms. The minimum atomic E-state index is -0.809. The van der Waals surface area contributed by atoms with E-state index in [1.54, 1.807) is 7.11 Å². The molecule has 0 amide bonds. The second kappa shape index (κ2) is 17.5. The smallest absolute Gasteiger partial charge is 0.193 e. The van der Waals surface area contributed by atoms with E-state index in [-0.39, 0.29) is 5.78 Å². The largest absolute Gasteiger partial charge is 0.495 e. The molecule has 1 aliphatic rings. The monoisotopic (exact) mass is 862 g/mol. The summed E-state index contributed by atoms with van der Waals surface area (Å²) < 4.78 is 13.6. The first-order valence-electron chi connectivity index (χ1n) is 22.7. The van der Waals surface area contributed by atoms with E-state index in [1.807, 2.05) is 67.6 Å². The highest BCUT2D eigenvalue weighted by Gasteiger charge is 2.47. The van der Waals surface area contributed by atoms with Crippen molar-refractivity contribution < 1.29 is 14.3 Å². The molecule has 10 aromatic rings. The van der Waals surface area contributed by atoms with Crippen molar-refractivity contribution in [2.45, 2.75) is 12.3 Å². The molecule has 0 heterocycles. The predicted molar refractivity (Wildman–Crippen MR) is 273 cm³/mol. The second-order valence-electron chi connectivity index (χ2n) is 17.1. The van der Waals surface area contributed by atoms with Gasteiger partial charge in [-0.05, 0) is 111 Å². The number of fused-ring (bicyclic) bond motifs is 3. The van der Waals surface area contributed by atoms with Gasteiger partial charge >= 0.3 is 0 Å². The summed E-state index contributed by atoms with van der Waals surface area (Å²) in [5, 5.41) is 0. The number of ether oxygens (including phenoxy) is 2. The first-order chi connectivity index (χ1) is 33.0. The SMILES string of the molecule is COc1c(-c2ccccc2)cc(C2(c3cc(-c4ccccc4)c(Oc4ccc(C(=O)c5ccc(C)cc5)cc4)c(-c4ccccc4)c3)c3ccccc3-c3ccccc32)cc1-c1ccccc1. The first-order valence-corrected chi connectivity index (χ1v) is 22.7. The Morgan fingerprint density at radius 1 is 0.373 bits per heavy atom. The van der Waals surface area contributed by atoms with Crippen molar-refractivity contribution in [3.8, 4) is 72.9 Å². The zero-order valence-corrected chi connectivity index (χ0v) is 37.3. The van der Waals surface area contributed by atoms with Crippen molar-refractivity contribution in [1.29, 1.82) is 0 Å². The van der Waals surface area contributed by atoms with E-state index in [2.05, 4.69) is 182 Å². The number of methoxy groups -OCH3 is 1. The van der Waals surface area contributed by atoms with Crippen LogP contribution in [0.1, 0.15) is 43.7 Å². The highest BCUT2D eigenvalue weighted by atomic mass is 16.5. The van der Waals surface area contributed by atoms with Crippen molar-refractivity contribution in [3.05, 3.63) is 282 Å². The van der Waals surface area contributed by atoms with Gasteiger partial charge in [0.25, 0.3) is 0 Å². The quantitative estimate of drug-likeness (QED) is 0.122. The molecule has 320 valence electrons. The van der Waals surface area contributed by atoms with E-state index >= 15 is 0 Å². The Balaban J connectivity index is 1.21. The van der Waals surface area contributed by atoms with Gasteiger partial charge in [0, 0.05) is 33.4 Å². The molecule has 0 bridgehead atoms. The zero-order valence-electron chi connectivity index (χ0n) is 37.3. The fourth-order valence-electron chi connectivity index (χ4n) is 10.0. The number of hydrogen-bond donors (Lipinski definition) is 0. The summed E-state index contributed by atoms with van der Waals surface area (Å²) in [4.78, 5) is 13.6. The van der Waals surface area contributed by atoms with Crippen LogP contribution in [0.25, 0.3) is 55.6 Å². The van der Waals surface area contributed by atoms with Gasteiger partial charge in [-0.2, -0.15) is 0 Å². The summed E-state index contributed by atoms with van der Waals surface area (Å²) in [7, 11) is 1.77. The number of rotatable bonds is 11. The third kappa shape index (κ3) is 7.32. The molecule has 0 aromatic heterocycles. The Hall–Kier alpha value is -8.53. The van der Waals surface area contributed by atoms with Crippen LogP contribution in [-0.4, -0.2) is 12.9 Å². The standard InChI is InChI=1S/C64H46O3/c1-43-31-33-48(34-32-43)61(65)49-35-37-52(38-36-49)67-63-57(46-23-11-5-12-24-46)41-51(42-58(63)47-25-13-6-14-26-47)64(59-29-17-15-27-53(59)54-28-16-18-30-60(54)64)50-39-55(44-19-7-3-8-20-44)62(66-2)56(40-50)45-21-9-4-10-22-45/h3-42H,1-2H3. The molecule has 0 unspecified atom stereocenters. The fourth-order valence-corrected chi connectivity index (χ4v) is 10.0. The lowest BCUT2D eigenvalue weighted by atomic mass is 9.66. The molecular formula is C64H46O3. The minimum Gasteiger partial charge on any atom is -0.495 e. The van der Waals surface area contributed by atoms with Crippen LogP contribution in [0.15, 0.2) is 243 Å². The maximum Gasteiger partial charge on any atom is 0.193 e. The van der Waals surface area contributed by atoms with Crippen LogP contribution in [0.2, 0.25) is 0 Å². The molecule has 3 nitrogen and oxygen atoms in total. The summed E-state index contributed by atoms with van der Waals surface area (Å²) >= 11 is 0. The topological polar surface area (TPSA) is 35.5 Å². The van der Waals surface area contributed by atoms with Gasteiger partial charge < -0.3 is 9.47 Å². The van der Waals surface area contributed by atoms with Gasteiger partial charge in [0.15, 0.2) is 5.78 Å². The zero-order chi connectivity index (χ0) is 45.3. The van der Waals surface area contributed by atoms with Crippen LogP contribution < -0.4 is 9.47 Å². The number of benzene rings is 10. The Morgan fingerprint density at radius 2 is 0.716 bits per heavy atom. The van der Waals surface area contributed by atoms with Crippen LogP contribution in [0.5, 0.6) is 17.2 Å². The van der Waals surface area contributed by atoms with Gasteiger partial charge in [0.2, 0.25) is 0 Å². The normalized spacial score (nSPS) is 12.2. The first kappa shape index (κ1) is 41.2. The summed E-state index contributed by atoms with van der Waals surface area (Å²) in [5.74, 6) is 2.14. The van der Waals surface area contributed by atoms with Gasteiger partial charge in [-0.25, -0.2) is 0 Å². The van der Waals surface area contributed by atoms with Crippen molar-refractivity contribution in [3.63, 3.8) is 0 Å². The maximum absolute atomic E-state index is 13.6. The van der Waals surface area contributed by atoms with Crippen LogP contribution in [0, 0.1) is 6.92 Å². The van der Waals surface area contributed by atoms with E-state index in [0.717, 1.165) is 72.7 Å². The van der Waals surface area contributed by atoms with Crippen molar-refractivity contribution in [2.24, 2.45) is 0 Å². The summed E-state index contributed by atoms with van der Waals surface area (Å²) in [6, 6.07) is 84.5. The molecule has 10 aromatic carbocycles. The Bertz CT molecular complexity index is 3230. The third-order valence-corrected chi connectivity index (χ3v) is 13.2. The van der Waals surface area contributed by atoms with Crippen LogP contribution >= 0.6 is 0 Å². The van der Waals surface area contributed by atoms with E-state index in [4.69, 9.17) is 9.47 Å². The number of aryl methyl sites for hydroxylation is 1. The lowest BCUT2D eigenvalue weighted by molar-refractivity contribution is 0.103. The molecule has 0 fully saturated rings. The molecule has 0 radical (unpaired) electrons. The predicted octanol–water partition coefficient (Wildman–Crippen LogP) is 16.1. The molecule has 0 aliphatic heterocycles. The molecule has 67 heavy (non-hydrogen) atoms. The van der Waals surface area contributed by atoms with Gasteiger partial charge in [-0.1, -0.05) is 200 Å². The highest BCUT2D eigenvalue weighted by Crippen LogP contribution is 2.59. The van der Waals surface area contributed by atoms with Crippen LogP contribution in [0.3, 0.4) is 0 Å². The van der Waals surface area contributed by atoms with E-state index in [1.165, 1.54) is 22.3 Å². The molecule has 0 N–H and O–H groups in total. The Labute approximate surface area is 392 Å². The summed E-state index contributed by atoms with van der Waals surface area (Å²) in [6.45, 7) is 2.02. The summed E-state index contributed by atoms with van der Waals surface area (Å²) in [6.07, 6.45) is 0. The summed E-state index contributed by atoms with van der Waals surface area (Å²) in [5.41, 5.74) is 16.6. The van der Waals surface area contributed by atoms with Gasteiger partial charge in [-0.3, -0.25) is 4.79 Å². The number of ketones is 1. The van der Waals surface area contributed by atoms with E-state index < -0.39 is 5.41 Å². The minimum absolute atomic E-state index is 0.0300. The van der Waals surface area contributed by atoms with Gasteiger partial charge in [-0.15, -0.1) is 0 Å². The molecule has 3 heteroatoms. The molecule has 0 saturated carbocycles. The van der Waals surface area contributed by atoms with Crippen LogP contribution in [-0.2, 0) is 5.41 Å². The number of carbonyl (C=O) groups is 1. The van der Waals surface area contributed by atoms with Gasteiger partial charge in [0.1, 0.15) is 17.2 Å². The Morgan fingerprint density at radius 3 is 1.10 bits per heavy atom. The third-order valence-electron chi connectivity index (χ3n) is 13.2. The highest BCUT2D eigenvalue weighted by molar-refractivity contribution is 6.09. The fraction of sp³-hybridized carbons (Fsp3) is 0.0469. The molecular weight excluding hydrogens is 817 g/mol. The average Bonchev–Trinajstić information content (AvgIpc) is 3.70. The van der Waals surface area contributed by atoms with Crippen molar-refractivity contribution >= 4 is 5.78 Å². The molecule has 1 aliphatic carbocycles. The van der Waals surface area contributed by atoms with Crippen molar-refractivity contribution in [2.75, 3.05) is 7.11 Å². The average molecular weight is 863 g/mol. The van der Waals surface area contributed by atoms with E-state index in [9.17, 15) is 4.79 Å². The lowest BCUT2D eigenvalue weighted by Gasteiger charge is -2.36. The maximum atomic E-state index is 13.6. The van der Waals surface area contributed by atoms with Crippen molar-refractivity contribution in [1.82, 2.24) is 0 Å². The second-order valence-corrected chi connectivity index (χ2v) is 17.1. The number of carbonyl (C=O) groups excluding carboxylic acids is 1. The van der Waals surface area contributed by atoms with Crippen LogP contribution in [0.4, 0.5) is 0 Å². The van der Waals surface area contributed by atoms with Gasteiger partial charge in [0.05, 0.1) is 12.5 Å². The lowest BCUT2D eigenvalue weighted by Crippen LogP contribution is -2.29. The molecule has 11 rings (SSSR count).